The molecular formula is C30H28N2O. The Morgan fingerprint density at radius 3 is 2.18 bits per heavy atom. The van der Waals surface area contributed by atoms with Gasteiger partial charge in [-0.15, -0.1) is 0 Å². The van der Waals surface area contributed by atoms with Gasteiger partial charge in [-0.1, -0.05) is 44.1 Å². The molecule has 3 aromatic carbocycles. The van der Waals surface area contributed by atoms with Gasteiger partial charge in [-0.05, 0) is 78.7 Å². The molecule has 0 aliphatic carbocycles. The maximum atomic E-state index is 8.97. The van der Waals surface area contributed by atoms with Gasteiger partial charge in [0.2, 0.25) is 0 Å². The first-order valence-corrected chi connectivity index (χ1v) is 11.5. The first-order chi connectivity index (χ1) is 16.2. The van der Waals surface area contributed by atoms with Gasteiger partial charge in [-0.25, -0.2) is 0 Å². The van der Waals surface area contributed by atoms with Gasteiger partial charge >= 0.3 is 0 Å². The van der Waals surface area contributed by atoms with Crippen LogP contribution in [0.15, 0.2) is 72.8 Å². The number of aryl methyl sites for hydroxylation is 1. The normalized spacial score (nSPS) is 10.5. The summed E-state index contributed by atoms with van der Waals surface area (Å²) >= 11 is 0. The highest BCUT2D eigenvalue weighted by Gasteiger charge is 2.11. The van der Waals surface area contributed by atoms with E-state index in [2.05, 4.69) is 65.8 Å². The van der Waals surface area contributed by atoms with Crippen LogP contribution in [0.25, 0.3) is 22.2 Å². The van der Waals surface area contributed by atoms with Gasteiger partial charge in [0.15, 0.2) is 0 Å². The van der Waals surface area contributed by atoms with Gasteiger partial charge in [0.1, 0.15) is 5.75 Å². The largest absolute Gasteiger partial charge is 0.497 e. The van der Waals surface area contributed by atoms with E-state index in [1.165, 1.54) is 41.4 Å². The van der Waals surface area contributed by atoms with Gasteiger partial charge in [-0.2, -0.15) is 5.26 Å². The Bertz CT molecular complexity index is 1330. The molecule has 0 atom stereocenters. The lowest BCUT2D eigenvalue weighted by molar-refractivity contribution is 0.415. The molecule has 1 aromatic heterocycles. The maximum absolute atomic E-state index is 8.97. The van der Waals surface area contributed by atoms with E-state index in [1.807, 2.05) is 24.3 Å². The van der Waals surface area contributed by atoms with Crippen LogP contribution in [-0.4, -0.2) is 11.7 Å². The lowest BCUT2D eigenvalue weighted by atomic mass is 10.1. The van der Waals surface area contributed by atoms with Crippen molar-refractivity contribution in [2.24, 2.45) is 0 Å². The molecule has 0 amide bonds. The van der Waals surface area contributed by atoms with Crippen molar-refractivity contribution in [3.63, 3.8) is 0 Å². The second-order valence-corrected chi connectivity index (χ2v) is 8.18. The smallest absolute Gasteiger partial charge is 0.118 e. The molecule has 0 aliphatic heterocycles. The van der Waals surface area contributed by atoms with Gasteiger partial charge in [0.05, 0.1) is 18.7 Å². The fraction of sp³-hybridized carbons (Fsp3) is 0.233. The maximum Gasteiger partial charge on any atom is 0.118 e. The third-order valence-corrected chi connectivity index (χ3v) is 5.89. The van der Waals surface area contributed by atoms with E-state index in [1.54, 1.807) is 19.2 Å². The quantitative estimate of drug-likeness (QED) is 0.229. The molecule has 0 saturated heterocycles. The van der Waals surface area contributed by atoms with Crippen LogP contribution in [0.3, 0.4) is 0 Å². The van der Waals surface area contributed by atoms with E-state index in [-0.39, 0.29) is 0 Å². The Morgan fingerprint density at radius 2 is 1.48 bits per heavy atom. The Balaban J connectivity index is 1.70. The van der Waals surface area contributed by atoms with Gasteiger partial charge in [0.25, 0.3) is 0 Å². The monoisotopic (exact) mass is 432 g/mol. The van der Waals surface area contributed by atoms with E-state index in [0.717, 1.165) is 29.8 Å². The summed E-state index contributed by atoms with van der Waals surface area (Å²) in [4.78, 5) is 0. The highest BCUT2D eigenvalue weighted by atomic mass is 16.5. The Labute approximate surface area is 196 Å². The number of fused-ring (bicyclic) bond motifs is 1. The summed E-state index contributed by atoms with van der Waals surface area (Å²) in [6.45, 7) is 3.23. The summed E-state index contributed by atoms with van der Waals surface area (Å²) in [6.07, 6.45) is 4.88. The minimum absolute atomic E-state index is 0.647. The van der Waals surface area contributed by atoms with Crippen molar-refractivity contribution in [1.82, 2.24) is 4.57 Å². The van der Waals surface area contributed by atoms with Crippen LogP contribution >= 0.6 is 0 Å². The average Bonchev–Trinajstić information content (AvgIpc) is 3.23. The minimum atomic E-state index is 0.647. The highest BCUT2D eigenvalue weighted by Crippen LogP contribution is 2.30. The van der Waals surface area contributed by atoms with Crippen LogP contribution in [0, 0.1) is 23.2 Å². The Hall–Kier alpha value is -3.95. The summed E-state index contributed by atoms with van der Waals surface area (Å²) in [5.74, 6) is 7.39. The molecule has 164 valence electrons. The van der Waals surface area contributed by atoms with Crippen molar-refractivity contribution in [2.45, 2.75) is 39.2 Å². The number of nitriles is 1. The van der Waals surface area contributed by atoms with Gasteiger partial charge in [-0.3, -0.25) is 0 Å². The fourth-order valence-electron chi connectivity index (χ4n) is 4.04. The third kappa shape index (κ3) is 5.28. The van der Waals surface area contributed by atoms with E-state index in [4.69, 9.17) is 10.00 Å². The summed E-state index contributed by atoms with van der Waals surface area (Å²) < 4.78 is 7.77. The number of methoxy groups -OCH3 is 1. The van der Waals surface area contributed by atoms with Crippen molar-refractivity contribution in [1.29, 1.82) is 5.26 Å². The second-order valence-electron chi connectivity index (χ2n) is 8.18. The lowest BCUT2D eigenvalue weighted by Gasteiger charge is -2.12. The van der Waals surface area contributed by atoms with Crippen molar-refractivity contribution < 1.29 is 4.74 Å². The van der Waals surface area contributed by atoms with Crippen molar-refractivity contribution in [3.05, 3.63) is 89.5 Å². The minimum Gasteiger partial charge on any atom is -0.497 e. The van der Waals surface area contributed by atoms with Crippen molar-refractivity contribution in [2.75, 3.05) is 7.11 Å². The number of benzene rings is 3. The predicted octanol–water partition coefficient (Wildman–Crippen LogP) is 7.17. The van der Waals surface area contributed by atoms with E-state index in [0.29, 0.717) is 5.56 Å². The second kappa shape index (κ2) is 10.6. The zero-order valence-electron chi connectivity index (χ0n) is 19.3. The van der Waals surface area contributed by atoms with Gasteiger partial charge < -0.3 is 9.30 Å². The summed E-state index contributed by atoms with van der Waals surface area (Å²) in [6, 6.07) is 26.5. The van der Waals surface area contributed by atoms with E-state index >= 15 is 0 Å². The van der Waals surface area contributed by atoms with Crippen LogP contribution in [0.1, 0.15) is 49.3 Å². The molecular weight excluding hydrogens is 404 g/mol. The molecule has 0 spiro atoms. The van der Waals surface area contributed by atoms with Crippen LogP contribution in [-0.2, 0) is 6.54 Å². The van der Waals surface area contributed by atoms with E-state index < -0.39 is 0 Å². The molecule has 0 unspecified atom stereocenters. The topological polar surface area (TPSA) is 38.0 Å². The van der Waals surface area contributed by atoms with Crippen molar-refractivity contribution >= 4 is 10.9 Å². The molecule has 3 nitrogen and oxygen atoms in total. The molecule has 0 saturated carbocycles. The van der Waals surface area contributed by atoms with Crippen LogP contribution in [0.2, 0.25) is 0 Å². The van der Waals surface area contributed by atoms with E-state index in [9.17, 15) is 0 Å². The average molecular weight is 433 g/mol. The first-order valence-electron chi connectivity index (χ1n) is 11.5. The molecule has 0 bridgehead atoms. The number of rotatable bonds is 7. The zero-order valence-corrected chi connectivity index (χ0v) is 19.3. The molecule has 3 heteroatoms. The number of nitrogens with zero attached hydrogens (tertiary/aromatic N) is 2. The molecule has 0 radical (unpaired) electrons. The summed E-state index contributed by atoms with van der Waals surface area (Å²) in [5.41, 5.74) is 6.16. The number of hydrogen-bond donors (Lipinski definition) is 0. The Kier molecular flexibility index (Phi) is 7.13. The SMILES string of the molecule is CCCCCCn1c(-c2ccc(OC)cc2)cc2ccc(C#Cc3ccc(C#N)cc3)cc21. The highest BCUT2D eigenvalue weighted by molar-refractivity contribution is 5.88. The molecule has 0 aliphatic rings. The van der Waals surface area contributed by atoms with Crippen LogP contribution < -0.4 is 4.74 Å². The lowest BCUT2D eigenvalue weighted by Crippen LogP contribution is -2.00. The standard InChI is InChI=1S/C30H28N2O/c1-3-4-5-6-19-32-29-20-24(10-7-23-8-11-25(22-31)12-9-23)13-14-27(29)21-30(32)26-15-17-28(33-2)18-16-26/h8-9,11-18,20-21H,3-6,19H2,1-2H3. The molecule has 4 aromatic rings. The third-order valence-electron chi connectivity index (χ3n) is 5.89. The van der Waals surface area contributed by atoms with Crippen molar-refractivity contribution in [3.8, 4) is 34.9 Å². The molecule has 33 heavy (non-hydrogen) atoms. The van der Waals surface area contributed by atoms with Crippen LogP contribution in [0.4, 0.5) is 0 Å². The molecule has 1 heterocycles. The summed E-state index contributed by atoms with van der Waals surface area (Å²) in [5, 5.41) is 10.2. The molecule has 4 rings (SSSR count). The molecule has 0 fully saturated rings. The Morgan fingerprint density at radius 1 is 0.788 bits per heavy atom. The first kappa shape index (κ1) is 22.3. The number of ether oxygens (including phenoxy) is 1. The van der Waals surface area contributed by atoms with Gasteiger partial charge in [0, 0.05) is 34.3 Å². The fourth-order valence-corrected chi connectivity index (χ4v) is 4.04. The summed E-state index contributed by atoms with van der Waals surface area (Å²) in [7, 11) is 1.69. The number of aromatic nitrogens is 1. The predicted molar refractivity (Wildman–Crippen MR) is 135 cm³/mol. The van der Waals surface area contributed by atoms with Crippen LogP contribution in [0.5, 0.6) is 5.75 Å². The zero-order chi connectivity index (χ0) is 23.0. The molecule has 0 N–H and O–H groups in total. The number of hydrogen-bond acceptors (Lipinski definition) is 2. The number of unbranched alkanes of at least 4 members (excludes halogenated alkanes) is 3.